The second-order valence-corrected chi connectivity index (χ2v) is 10.4. The lowest BCUT2D eigenvalue weighted by molar-refractivity contribution is -0.137. The van der Waals surface area contributed by atoms with Gasteiger partial charge < -0.3 is 20.9 Å². The van der Waals surface area contributed by atoms with Gasteiger partial charge >= 0.3 is 12.2 Å². The molecule has 0 bridgehead atoms. The number of alkyl halides is 3. The van der Waals surface area contributed by atoms with Crippen molar-refractivity contribution in [3.8, 4) is 11.1 Å². The first-order valence-electron chi connectivity index (χ1n) is 13.0. The van der Waals surface area contributed by atoms with Crippen LogP contribution in [0.5, 0.6) is 0 Å². The van der Waals surface area contributed by atoms with Crippen molar-refractivity contribution in [2.24, 2.45) is 5.73 Å². The van der Waals surface area contributed by atoms with Gasteiger partial charge in [0.1, 0.15) is 17.0 Å². The molecule has 5 heterocycles. The third-order valence-corrected chi connectivity index (χ3v) is 8.01. The first-order chi connectivity index (χ1) is 19.2. The first kappa shape index (κ1) is 26.3. The average molecular weight is 557 g/mol. The molecule has 2 aliphatic rings. The van der Waals surface area contributed by atoms with Crippen LogP contribution >= 0.6 is 0 Å². The van der Waals surface area contributed by atoms with Crippen LogP contribution in [0.3, 0.4) is 0 Å². The number of H-pyrrole nitrogens is 1. The van der Waals surface area contributed by atoms with Crippen LogP contribution in [0, 0.1) is 5.82 Å². The zero-order valence-electron chi connectivity index (χ0n) is 21.5. The number of rotatable bonds is 5. The molecule has 4 N–H and O–H groups in total. The SMILES string of the molecule is NCC1(n2cc(-c3ccnc4[nH]ccc34)cn2)CN(C2CCN(C(=O)Nc3ccc(F)cc3C(F)(F)F)CC2)C1. The van der Waals surface area contributed by atoms with E-state index in [1.165, 1.54) is 4.90 Å². The van der Waals surface area contributed by atoms with E-state index in [-0.39, 0.29) is 11.6 Å². The number of carbonyl (C=O) groups is 1. The smallest absolute Gasteiger partial charge is 0.346 e. The van der Waals surface area contributed by atoms with E-state index in [0.29, 0.717) is 51.6 Å². The number of hydrogen-bond donors (Lipinski definition) is 3. The summed E-state index contributed by atoms with van der Waals surface area (Å²) in [6.07, 6.45) is 4.04. The van der Waals surface area contributed by atoms with E-state index in [1.54, 1.807) is 6.20 Å². The van der Waals surface area contributed by atoms with Gasteiger partial charge in [0.05, 0.1) is 17.4 Å². The number of carbonyl (C=O) groups excluding carboxylic acids is 1. The van der Waals surface area contributed by atoms with Crippen molar-refractivity contribution in [3.05, 3.63) is 66.5 Å². The molecule has 1 aromatic carbocycles. The second-order valence-electron chi connectivity index (χ2n) is 10.4. The van der Waals surface area contributed by atoms with Gasteiger partial charge in [0.2, 0.25) is 0 Å². The molecule has 0 saturated carbocycles. The van der Waals surface area contributed by atoms with Gasteiger partial charge in [-0.05, 0) is 48.7 Å². The lowest BCUT2D eigenvalue weighted by atomic mass is 9.86. The molecule has 9 nitrogen and oxygen atoms in total. The van der Waals surface area contributed by atoms with Gasteiger partial charge in [-0.2, -0.15) is 18.3 Å². The Morgan fingerprint density at radius 2 is 1.95 bits per heavy atom. The Balaban J connectivity index is 1.07. The molecule has 210 valence electrons. The fraction of sp³-hybridized carbons (Fsp3) is 0.370. The Kier molecular flexibility index (Phi) is 6.50. The maximum absolute atomic E-state index is 13.4. The number of benzene rings is 1. The molecule has 4 aromatic rings. The summed E-state index contributed by atoms with van der Waals surface area (Å²) in [5.41, 5.74) is 7.05. The molecule has 0 aliphatic carbocycles. The number of anilines is 1. The topological polar surface area (TPSA) is 108 Å². The van der Waals surface area contributed by atoms with Gasteiger partial charge in [0.25, 0.3) is 0 Å². The summed E-state index contributed by atoms with van der Waals surface area (Å²) in [7, 11) is 0. The number of piperidine rings is 1. The molecular formula is C27H28F4N8O. The van der Waals surface area contributed by atoms with Crippen LogP contribution in [0.4, 0.5) is 28.0 Å². The molecule has 0 radical (unpaired) electrons. The van der Waals surface area contributed by atoms with Crippen molar-refractivity contribution >= 4 is 22.8 Å². The van der Waals surface area contributed by atoms with Crippen LogP contribution in [0.2, 0.25) is 0 Å². The van der Waals surface area contributed by atoms with Crippen LogP contribution < -0.4 is 11.1 Å². The second kappa shape index (κ2) is 9.89. The molecular weight excluding hydrogens is 528 g/mol. The fourth-order valence-electron chi connectivity index (χ4n) is 5.76. The lowest BCUT2D eigenvalue weighted by Crippen LogP contribution is -2.69. The van der Waals surface area contributed by atoms with E-state index in [9.17, 15) is 22.4 Å². The van der Waals surface area contributed by atoms with E-state index in [2.05, 4.69) is 25.3 Å². The number of fused-ring (bicyclic) bond motifs is 1. The molecule has 2 saturated heterocycles. The monoisotopic (exact) mass is 556 g/mol. The number of halogens is 4. The summed E-state index contributed by atoms with van der Waals surface area (Å²) in [5, 5.41) is 7.97. The fourth-order valence-corrected chi connectivity index (χ4v) is 5.76. The Morgan fingerprint density at radius 1 is 1.18 bits per heavy atom. The minimum Gasteiger partial charge on any atom is -0.346 e. The third kappa shape index (κ3) is 4.68. The van der Waals surface area contributed by atoms with E-state index in [0.717, 1.165) is 34.3 Å². The molecule has 2 amide bonds. The number of aromatic amines is 1. The molecule has 13 heteroatoms. The van der Waals surface area contributed by atoms with E-state index in [4.69, 9.17) is 5.73 Å². The summed E-state index contributed by atoms with van der Waals surface area (Å²) in [6.45, 7) is 2.63. The highest BCUT2D eigenvalue weighted by Gasteiger charge is 2.47. The molecule has 0 spiro atoms. The van der Waals surface area contributed by atoms with Crippen LogP contribution in [0.15, 0.2) is 55.1 Å². The van der Waals surface area contributed by atoms with Crippen molar-refractivity contribution in [2.75, 3.05) is 38.0 Å². The number of likely N-dealkylation sites (tertiary alicyclic amines) is 2. The number of amides is 2. The largest absolute Gasteiger partial charge is 0.418 e. The van der Waals surface area contributed by atoms with Crippen LogP contribution in [0.1, 0.15) is 18.4 Å². The number of nitrogens with two attached hydrogens (primary N) is 1. The zero-order valence-corrected chi connectivity index (χ0v) is 21.5. The van der Waals surface area contributed by atoms with Crippen molar-refractivity contribution in [1.82, 2.24) is 29.5 Å². The Labute approximate surface area is 226 Å². The molecule has 0 atom stereocenters. The van der Waals surface area contributed by atoms with Crippen LogP contribution in [-0.4, -0.2) is 74.3 Å². The maximum Gasteiger partial charge on any atom is 0.418 e. The van der Waals surface area contributed by atoms with E-state index >= 15 is 0 Å². The number of urea groups is 1. The van der Waals surface area contributed by atoms with Gasteiger partial charge in [0.15, 0.2) is 0 Å². The van der Waals surface area contributed by atoms with Gasteiger partial charge in [0, 0.05) is 68.3 Å². The lowest BCUT2D eigenvalue weighted by Gasteiger charge is -2.54. The van der Waals surface area contributed by atoms with Crippen LogP contribution in [0.25, 0.3) is 22.2 Å². The molecule has 2 aliphatic heterocycles. The normalized spacial score (nSPS) is 18.2. The summed E-state index contributed by atoms with van der Waals surface area (Å²) in [4.78, 5) is 24.0. The predicted octanol–water partition coefficient (Wildman–Crippen LogP) is 4.25. The Bertz CT molecular complexity index is 1530. The predicted molar refractivity (Wildman–Crippen MR) is 141 cm³/mol. The van der Waals surface area contributed by atoms with E-state index < -0.39 is 29.3 Å². The van der Waals surface area contributed by atoms with Crippen molar-refractivity contribution in [2.45, 2.75) is 30.6 Å². The van der Waals surface area contributed by atoms with Crippen molar-refractivity contribution in [3.63, 3.8) is 0 Å². The Morgan fingerprint density at radius 3 is 2.67 bits per heavy atom. The van der Waals surface area contributed by atoms with Crippen LogP contribution in [-0.2, 0) is 11.7 Å². The van der Waals surface area contributed by atoms with Gasteiger partial charge in [-0.3, -0.25) is 9.58 Å². The Hall–Kier alpha value is -3.97. The quantitative estimate of drug-likeness (QED) is 0.319. The highest BCUT2D eigenvalue weighted by molar-refractivity contribution is 5.92. The minimum absolute atomic E-state index is 0.218. The first-order valence-corrected chi connectivity index (χ1v) is 13.0. The standard InChI is InChI=1S/C27H28F4N8O/c28-18-1-2-23(22(11-18)27(29,30)31)36-25(40)37-9-5-19(6-10-37)38-15-26(14-32,16-38)39-13-17(12-35-39)20-3-7-33-24-21(20)4-8-34-24/h1-4,7-8,11-13,19H,5-6,9-10,14-16,32H2,(H,33,34)(H,36,40). The summed E-state index contributed by atoms with van der Waals surface area (Å²) in [5.74, 6) is -1.02. The number of nitrogens with one attached hydrogen (secondary N) is 2. The summed E-state index contributed by atoms with van der Waals surface area (Å²) < 4.78 is 55.2. The summed E-state index contributed by atoms with van der Waals surface area (Å²) >= 11 is 0. The minimum atomic E-state index is -4.79. The van der Waals surface area contributed by atoms with Gasteiger partial charge in [-0.15, -0.1) is 0 Å². The molecule has 0 unspecified atom stereocenters. The molecule has 2 fully saturated rings. The number of pyridine rings is 1. The highest BCUT2D eigenvalue weighted by atomic mass is 19.4. The van der Waals surface area contributed by atoms with Crippen molar-refractivity contribution in [1.29, 1.82) is 0 Å². The molecule has 6 rings (SSSR count). The van der Waals surface area contributed by atoms with Gasteiger partial charge in [-0.25, -0.2) is 14.2 Å². The van der Waals surface area contributed by atoms with Gasteiger partial charge in [-0.1, -0.05) is 0 Å². The average Bonchev–Trinajstić information content (AvgIpc) is 3.60. The third-order valence-electron chi connectivity index (χ3n) is 8.01. The van der Waals surface area contributed by atoms with E-state index in [1.807, 2.05) is 35.4 Å². The van der Waals surface area contributed by atoms with Crippen molar-refractivity contribution < 1.29 is 22.4 Å². The zero-order chi connectivity index (χ0) is 28.1. The molecule has 3 aromatic heterocycles. The highest BCUT2D eigenvalue weighted by Crippen LogP contribution is 2.37. The summed E-state index contributed by atoms with van der Waals surface area (Å²) in [6, 6.07) is 5.75. The number of hydrogen-bond acceptors (Lipinski definition) is 5. The number of nitrogens with zero attached hydrogens (tertiary/aromatic N) is 5. The number of aromatic nitrogens is 4. The maximum atomic E-state index is 13.4. The molecule has 40 heavy (non-hydrogen) atoms.